The molecule has 0 aliphatic carbocycles. The van der Waals surface area contributed by atoms with E-state index in [0.717, 1.165) is 28.5 Å². The number of phenols is 1. The number of hydrogen-bond acceptors (Lipinski definition) is 5. The summed E-state index contributed by atoms with van der Waals surface area (Å²) >= 11 is 5.03. The number of nitrogens with zero attached hydrogens (tertiary/aromatic N) is 1. The standard InChI is InChI=1S/C20H15N3O4S/c24-18-10-9-15(23(26)27)12-17(18)21-20(28)22-19(25)11-8-14-6-3-5-13-4-1-2-7-16(13)14/h1-12,24H,(H2,21,22,25,28). The van der Waals surface area contributed by atoms with E-state index in [4.69, 9.17) is 12.2 Å². The molecule has 140 valence electrons. The highest BCUT2D eigenvalue weighted by Crippen LogP contribution is 2.27. The average Bonchev–Trinajstić information content (AvgIpc) is 2.67. The maximum atomic E-state index is 12.1. The van der Waals surface area contributed by atoms with Crippen molar-refractivity contribution in [3.05, 3.63) is 82.4 Å². The predicted octanol–water partition coefficient (Wildman–Crippen LogP) is 3.98. The second-order valence-corrected chi connectivity index (χ2v) is 6.21. The summed E-state index contributed by atoms with van der Waals surface area (Å²) in [5.41, 5.74) is 0.686. The lowest BCUT2D eigenvalue weighted by Gasteiger charge is -2.09. The molecule has 3 aromatic carbocycles. The molecule has 0 saturated carbocycles. The molecule has 3 aromatic rings. The van der Waals surface area contributed by atoms with Gasteiger partial charge in [-0.05, 0) is 40.7 Å². The number of thiocarbonyl (C=S) groups is 1. The first-order valence-electron chi connectivity index (χ1n) is 8.19. The van der Waals surface area contributed by atoms with Crippen molar-refractivity contribution in [1.29, 1.82) is 0 Å². The van der Waals surface area contributed by atoms with Crippen LogP contribution in [0.5, 0.6) is 5.75 Å². The molecule has 0 saturated heterocycles. The summed E-state index contributed by atoms with van der Waals surface area (Å²) in [6.45, 7) is 0. The van der Waals surface area contributed by atoms with Crippen molar-refractivity contribution in [2.24, 2.45) is 0 Å². The van der Waals surface area contributed by atoms with Gasteiger partial charge in [-0.3, -0.25) is 20.2 Å². The van der Waals surface area contributed by atoms with Crippen molar-refractivity contribution in [3.8, 4) is 5.75 Å². The van der Waals surface area contributed by atoms with Gasteiger partial charge in [0.2, 0.25) is 5.91 Å². The Balaban J connectivity index is 1.68. The molecule has 0 radical (unpaired) electrons. The highest BCUT2D eigenvalue weighted by atomic mass is 32.1. The Morgan fingerprint density at radius 3 is 2.64 bits per heavy atom. The van der Waals surface area contributed by atoms with E-state index in [9.17, 15) is 20.0 Å². The fraction of sp³-hybridized carbons (Fsp3) is 0. The third kappa shape index (κ3) is 4.49. The SMILES string of the molecule is O=C(C=Cc1cccc2ccccc12)NC(=S)Nc1cc([N+](=O)[O-])ccc1O. The molecule has 0 unspecified atom stereocenters. The van der Waals surface area contributed by atoms with Crippen molar-refractivity contribution in [3.63, 3.8) is 0 Å². The number of nitro benzene ring substituents is 1. The molecular formula is C20H15N3O4S. The number of nitro groups is 1. The van der Waals surface area contributed by atoms with Gasteiger partial charge in [-0.15, -0.1) is 0 Å². The van der Waals surface area contributed by atoms with Crippen LogP contribution in [0.2, 0.25) is 0 Å². The van der Waals surface area contributed by atoms with Gasteiger partial charge < -0.3 is 10.4 Å². The van der Waals surface area contributed by atoms with Gasteiger partial charge in [-0.25, -0.2) is 0 Å². The average molecular weight is 393 g/mol. The second kappa shape index (κ2) is 8.28. The number of non-ortho nitro benzene ring substituents is 1. The minimum Gasteiger partial charge on any atom is -0.506 e. The van der Waals surface area contributed by atoms with Gasteiger partial charge in [-0.2, -0.15) is 0 Å². The summed E-state index contributed by atoms with van der Waals surface area (Å²) in [6, 6.07) is 17.0. The number of nitrogens with one attached hydrogen (secondary N) is 2. The minimum absolute atomic E-state index is 0.0255. The number of carbonyl (C=O) groups excluding carboxylic acids is 1. The third-order valence-corrected chi connectivity index (χ3v) is 4.12. The van der Waals surface area contributed by atoms with E-state index >= 15 is 0 Å². The zero-order chi connectivity index (χ0) is 20.1. The summed E-state index contributed by atoms with van der Waals surface area (Å²) in [5, 5.41) is 27.6. The van der Waals surface area contributed by atoms with E-state index in [0.29, 0.717) is 0 Å². The van der Waals surface area contributed by atoms with Crippen LogP contribution in [0.4, 0.5) is 11.4 Å². The number of carbonyl (C=O) groups is 1. The lowest BCUT2D eigenvalue weighted by molar-refractivity contribution is -0.384. The molecular weight excluding hydrogens is 378 g/mol. The molecule has 0 aliphatic rings. The monoisotopic (exact) mass is 393 g/mol. The van der Waals surface area contributed by atoms with Crippen LogP contribution >= 0.6 is 12.2 Å². The molecule has 3 rings (SSSR count). The van der Waals surface area contributed by atoms with Gasteiger partial charge in [0.1, 0.15) is 5.75 Å². The molecule has 0 heterocycles. The summed E-state index contributed by atoms with van der Waals surface area (Å²) in [4.78, 5) is 22.3. The smallest absolute Gasteiger partial charge is 0.271 e. The molecule has 3 N–H and O–H groups in total. The van der Waals surface area contributed by atoms with Gasteiger partial charge in [0.15, 0.2) is 5.11 Å². The van der Waals surface area contributed by atoms with Crippen molar-refractivity contribution in [2.75, 3.05) is 5.32 Å². The maximum absolute atomic E-state index is 12.1. The summed E-state index contributed by atoms with van der Waals surface area (Å²) in [5.74, 6) is -0.705. The fourth-order valence-corrected chi connectivity index (χ4v) is 2.82. The topological polar surface area (TPSA) is 104 Å². The first-order valence-corrected chi connectivity index (χ1v) is 8.60. The largest absolute Gasteiger partial charge is 0.506 e. The van der Waals surface area contributed by atoms with E-state index < -0.39 is 10.8 Å². The van der Waals surface area contributed by atoms with E-state index in [1.807, 2.05) is 42.5 Å². The summed E-state index contributed by atoms with van der Waals surface area (Å²) < 4.78 is 0. The van der Waals surface area contributed by atoms with E-state index in [-0.39, 0.29) is 22.2 Å². The zero-order valence-corrected chi connectivity index (χ0v) is 15.3. The molecule has 0 fully saturated rings. The number of amides is 1. The highest BCUT2D eigenvalue weighted by Gasteiger charge is 2.12. The van der Waals surface area contributed by atoms with Crippen LogP contribution in [-0.4, -0.2) is 21.0 Å². The molecule has 0 aliphatic heterocycles. The van der Waals surface area contributed by atoms with Crippen molar-refractivity contribution in [2.45, 2.75) is 0 Å². The number of fused-ring (bicyclic) bond motifs is 1. The molecule has 8 heteroatoms. The van der Waals surface area contributed by atoms with Gasteiger partial charge >= 0.3 is 0 Å². The Morgan fingerprint density at radius 1 is 1.11 bits per heavy atom. The van der Waals surface area contributed by atoms with Gasteiger partial charge in [0.25, 0.3) is 5.69 Å². The molecule has 7 nitrogen and oxygen atoms in total. The predicted molar refractivity (Wildman–Crippen MR) is 112 cm³/mol. The zero-order valence-electron chi connectivity index (χ0n) is 14.5. The minimum atomic E-state index is -0.598. The van der Waals surface area contributed by atoms with E-state index in [1.165, 1.54) is 12.1 Å². The lowest BCUT2D eigenvalue weighted by Crippen LogP contribution is -2.32. The number of hydrogen-bond donors (Lipinski definition) is 3. The Hall–Kier alpha value is -3.78. The molecule has 0 bridgehead atoms. The van der Waals surface area contributed by atoms with Crippen molar-refractivity contribution >= 4 is 51.5 Å². The molecule has 28 heavy (non-hydrogen) atoms. The summed E-state index contributed by atoms with van der Waals surface area (Å²) in [6.07, 6.45) is 3.01. The highest BCUT2D eigenvalue weighted by molar-refractivity contribution is 7.80. The van der Waals surface area contributed by atoms with Crippen LogP contribution in [0.15, 0.2) is 66.7 Å². The van der Waals surface area contributed by atoms with Crippen LogP contribution in [0, 0.1) is 10.1 Å². The quantitative estimate of drug-likeness (QED) is 0.204. The maximum Gasteiger partial charge on any atom is 0.271 e. The molecule has 1 amide bonds. The summed E-state index contributed by atoms with van der Waals surface area (Å²) in [7, 11) is 0. The van der Waals surface area contributed by atoms with Gasteiger partial charge in [-0.1, -0.05) is 42.5 Å². The normalized spacial score (nSPS) is 10.7. The number of aromatic hydroxyl groups is 1. The Bertz CT molecular complexity index is 1110. The molecule has 0 spiro atoms. The number of phenolic OH excluding ortho intramolecular Hbond substituents is 1. The van der Waals surface area contributed by atoms with Crippen LogP contribution in [0.1, 0.15) is 5.56 Å². The van der Waals surface area contributed by atoms with Crippen molar-refractivity contribution < 1.29 is 14.8 Å². The number of benzene rings is 3. The third-order valence-electron chi connectivity index (χ3n) is 3.91. The van der Waals surface area contributed by atoms with Crippen LogP contribution in [0.3, 0.4) is 0 Å². The Labute approximate surface area is 165 Å². The fourth-order valence-electron chi connectivity index (χ4n) is 2.61. The Kier molecular flexibility index (Phi) is 5.61. The van der Waals surface area contributed by atoms with Gasteiger partial charge in [0, 0.05) is 18.2 Å². The second-order valence-electron chi connectivity index (χ2n) is 5.80. The van der Waals surface area contributed by atoms with Crippen molar-refractivity contribution in [1.82, 2.24) is 5.32 Å². The van der Waals surface area contributed by atoms with Crippen LogP contribution in [-0.2, 0) is 4.79 Å². The van der Waals surface area contributed by atoms with E-state index in [1.54, 1.807) is 6.08 Å². The molecule has 0 aromatic heterocycles. The van der Waals surface area contributed by atoms with E-state index in [2.05, 4.69) is 10.6 Å². The lowest BCUT2D eigenvalue weighted by atomic mass is 10.0. The first-order chi connectivity index (χ1) is 13.4. The first kappa shape index (κ1) is 19.0. The molecule has 0 atom stereocenters. The number of anilines is 1. The van der Waals surface area contributed by atoms with Gasteiger partial charge in [0.05, 0.1) is 10.6 Å². The van der Waals surface area contributed by atoms with Crippen LogP contribution in [0.25, 0.3) is 16.8 Å². The Morgan fingerprint density at radius 2 is 1.86 bits per heavy atom. The van der Waals surface area contributed by atoms with Crippen LogP contribution < -0.4 is 10.6 Å². The number of rotatable bonds is 4.